The molecular formula is C17H16F2N2O2S. The molecule has 0 saturated carbocycles. The van der Waals surface area contributed by atoms with Gasteiger partial charge in [-0.25, -0.2) is 22.9 Å². The summed E-state index contributed by atoms with van der Waals surface area (Å²) in [6.07, 6.45) is 2.51. The van der Waals surface area contributed by atoms with Crippen molar-refractivity contribution in [2.75, 3.05) is 6.67 Å². The molecule has 3 rings (SSSR count). The number of hydrogen-bond acceptors (Lipinski definition) is 3. The largest absolute Gasteiger partial charge is 0.255 e. The third kappa shape index (κ3) is 3.37. The number of nitrogens with two attached hydrogens (primary N) is 1. The molecule has 1 heterocycles. The summed E-state index contributed by atoms with van der Waals surface area (Å²) in [5.74, 6) is -0.474. The Morgan fingerprint density at radius 3 is 2.12 bits per heavy atom. The second kappa shape index (κ2) is 6.41. The van der Waals surface area contributed by atoms with Crippen LogP contribution in [0.2, 0.25) is 0 Å². The minimum Gasteiger partial charge on any atom is -0.251 e. The van der Waals surface area contributed by atoms with Crippen molar-refractivity contribution in [2.45, 2.75) is 17.9 Å². The zero-order valence-electron chi connectivity index (χ0n) is 12.7. The topological polar surface area (TPSA) is 73.1 Å². The van der Waals surface area contributed by atoms with E-state index in [1.807, 2.05) is 0 Å². The van der Waals surface area contributed by atoms with E-state index in [0.29, 0.717) is 12.8 Å². The van der Waals surface area contributed by atoms with Crippen molar-refractivity contribution >= 4 is 21.2 Å². The first-order valence-electron chi connectivity index (χ1n) is 7.41. The lowest BCUT2D eigenvalue weighted by atomic mass is 9.98. The number of halogens is 2. The van der Waals surface area contributed by atoms with Gasteiger partial charge in [-0.05, 0) is 59.2 Å². The SMILES string of the molecule is NS(=O)(=O)c1ccc(C2=C(c3ccc(F)cc3)CC(CF)C2)cn1. The Balaban J connectivity index is 2.04. The van der Waals surface area contributed by atoms with E-state index in [-0.39, 0.29) is 16.8 Å². The van der Waals surface area contributed by atoms with Crippen LogP contribution in [0, 0.1) is 11.7 Å². The van der Waals surface area contributed by atoms with Gasteiger partial charge in [0.05, 0.1) is 6.67 Å². The summed E-state index contributed by atoms with van der Waals surface area (Å²) < 4.78 is 48.9. The van der Waals surface area contributed by atoms with Crippen LogP contribution in [0.1, 0.15) is 24.0 Å². The van der Waals surface area contributed by atoms with Crippen molar-refractivity contribution in [2.24, 2.45) is 11.1 Å². The van der Waals surface area contributed by atoms with Crippen LogP contribution >= 0.6 is 0 Å². The fourth-order valence-electron chi connectivity index (χ4n) is 2.97. The van der Waals surface area contributed by atoms with Crippen molar-refractivity contribution in [1.82, 2.24) is 4.98 Å². The lowest BCUT2D eigenvalue weighted by molar-refractivity contribution is 0.379. The molecule has 0 radical (unpaired) electrons. The van der Waals surface area contributed by atoms with Gasteiger partial charge in [0.1, 0.15) is 5.82 Å². The minimum absolute atomic E-state index is 0.141. The van der Waals surface area contributed by atoms with Gasteiger partial charge in [0.15, 0.2) is 5.03 Å². The number of alkyl halides is 1. The van der Waals surface area contributed by atoms with E-state index in [2.05, 4.69) is 4.98 Å². The van der Waals surface area contributed by atoms with E-state index in [0.717, 1.165) is 22.3 Å². The van der Waals surface area contributed by atoms with Crippen LogP contribution in [0.15, 0.2) is 47.6 Å². The monoisotopic (exact) mass is 350 g/mol. The van der Waals surface area contributed by atoms with E-state index in [1.54, 1.807) is 18.2 Å². The van der Waals surface area contributed by atoms with Crippen LogP contribution < -0.4 is 5.14 Å². The number of pyridine rings is 1. The van der Waals surface area contributed by atoms with Crippen LogP contribution in [-0.2, 0) is 10.0 Å². The second-order valence-corrected chi connectivity index (χ2v) is 7.33. The number of primary sulfonamides is 1. The average molecular weight is 350 g/mol. The number of rotatable bonds is 4. The predicted molar refractivity (Wildman–Crippen MR) is 87.5 cm³/mol. The van der Waals surface area contributed by atoms with E-state index >= 15 is 0 Å². The molecular weight excluding hydrogens is 334 g/mol. The third-order valence-corrected chi connectivity index (χ3v) is 4.96. The normalized spacial score (nSPS) is 18.2. The number of nitrogens with zero attached hydrogens (tertiary/aromatic N) is 1. The maximum absolute atomic E-state index is 13.2. The molecule has 2 aromatic rings. The molecule has 0 saturated heterocycles. The zero-order valence-corrected chi connectivity index (χ0v) is 13.6. The summed E-state index contributed by atoms with van der Waals surface area (Å²) in [6, 6.07) is 9.01. The third-order valence-electron chi connectivity index (χ3n) is 4.14. The Morgan fingerprint density at radius 2 is 1.62 bits per heavy atom. The fraction of sp³-hybridized carbons (Fsp3) is 0.235. The molecule has 7 heteroatoms. The van der Waals surface area contributed by atoms with Gasteiger partial charge in [0, 0.05) is 6.20 Å². The molecule has 1 atom stereocenters. The van der Waals surface area contributed by atoms with Crippen molar-refractivity contribution in [3.63, 3.8) is 0 Å². The number of hydrogen-bond donors (Lipinski definition) is 1. The Hall–Kier alpha value is -2.12. The molecule has 0 fully saturated rings. The molecule has 1 aromatic heterocycles. The quantitative estimate of drug-likeness (QED) is 0.920. The Morgan fingerprint density at radius 1 is 1.04 bits per heavy atom. The van der Waals surface area contributed by atoms with Crippen molar-refractivity contribution in [1.29, 1.82) is 0 Å². The van der Waals surface area contributed by atoms with E-state index in [9.17, 15) is 17.2 Å². The van der Waals surface area contributed by atoms with Gasteiger partial charge in [0.25, 0.3) is 10.0 Å². The summed E-state index contributed by atoms with van der Waals surface area (Å²) >= 11 is 0. The first kappa shape index (κ1) is 16.7. The van der Waals surface area contributed by atoms with Crippen LogP contribution in [0.3, 0.4) is 0 Å². The summed E-state index contributed by atoms with van der Waals surface area (Å²) in [6.45, 7) is -0.448. The number of allylic oxidation sites excluding steroid dienone is 2. The van der Waals surface area contributed by atoms with Gasteiger partial charge in [-0.3, -0.25) is 4.39 Å². The van der Waals surface area contributed by atoms with Crippen LogP contribution in [0.4, 0.5) is 8.78 Å². The molecule has 0 aliphatic heterocycles. The van der Waals surface area contributed by atoms with E-state index < -0.39 is 16.7 Å². The van der Waals surface area contributed by atoms with Gasteiger partial charge in [-0.15, -0.1) is 0 Å². The molecule has 4 nitrogen and oxygen atoms in total. The molecule has 1 unspecified atom stereocenters. The Kier molecular flexibility index (Phi) is 4.47. The maximum atomic E-state index is 13.2. The van der Waals surface area contributed by atoms with Gasteiger partial charge in [-0.2, -0.15) is 0 Å². The molecule has 0 bridgehead atoms. The number of aromatic nitrogens is 1. The fourth-order valence-corrected chi connectivity index (χ4v) is 3.42. The van der Waals surface area contributed by atoms with Gasteiger partial charge < -0.3 is 0 Å². The average Bonchev–Trinajstić information content (AvgIpc) is 2.99. The lowest BCUT2D eigenvalue weighted by Crippen LogP contribution is -2.13. The van der Waals surface area contributed by atoms with Crippen LogP contribution in [0.5, 0.6) is 0 Å². The molecule has 126 valence electrons. The molecule has 0 amide bonds. The summed E-state index contributed by atoms with van der Waals surface area (Å²) in [4.78, 5) is 3.89. The number of sulfonamides is 1. The predicted octanol–water partition coefficient (Wildman–Crippen LogP) is 3.16. The van der Waals surface area contributed by atoms with Crippen molar-refractivity contribution in [3.05, 3.63) is 59.5 Å². The Bertz CT molecular complexity index is 876. The van der Waals surface area contributed by atoms with Crippen molar-refractivity contribution in [3.8, 4) is 0 Å². The van der Waals surface area contributed by atoms with Gasteiger partial charge >= 0.3 is 0 Å². The highest BCUT2D eigenvalue weighted by atomic mass is 32.2. The lowest BCUT2D eigenvalue weighted by Gasteiger charge is -2.08. The smallest absolute Gasteiger partial charge is 0.251 e. The van der Waals surface area contributed by atoms with Crippen molar-refractivity contribution < 1.29 is 17.2 Å². The zero-order chi connectivity index (χ0) is 17.3. The number of benzene rings is 1. The standard InChI is InChI=1S/C17H16F2N2O2S/c18-9-11-7-15(12-1-4-14(19)5-2-12)16(8-11)13-3-6-17(21-10-13)24(20,22)23/h1-6,10-11H,7-9H2,(H2,20,22,23). The first-order chi connectivity index (χ1) is 11.4. The molecule has 0 spiro atoms. The van der Waals surface area contributed by atoms with Gasteiger partial charge in [-0.1, -0.05) is 18.2 Å². The summed E-state index contributed by atoms with van der Waals surface area (Å²) in [7, 11) is -3.86. The second-order valence-electron chi connectivity index (χ2n) is 5.82. The molecule has 2 N–H and O–H groups in total. The molecule has 1 aromatic carbocycles. The highest BCUT2D eigenvalue weighted by molar-refractivity contribution is 7.89. The molecule has 1 aliphatic rings. The highest BCUT2D eigenvalue weighted by Gasteiger charge is 2.26. The van der Waals surface area contributed by atoms with E-state index in [4.69, 9.17) is 5.14 Å². The first-order valence-corrected chi connectivity index (χ1v) is 8.96. The molecule has 1 aliphatic carbocycles. The highest BCUT2D eigenvalue weighted by Crippen LogP contribution is 2.43. The summed E-state index contributed by atoms with van der Waals surface area (Å²) in [5, 5.41) is 4.84. The molecule has 24 heavy (non-hydrogen) atoms. The van der Waals surface area contributed by atoms with Crippen LogP contribution in [0.25, 0.3) is 11.1 Å². The Labute approximate surface area is 139 Å². The van der Waals surface area contributed by atoms with E-state index in [1.165, 1.54) is 24.4 Å². The summed E-state index contributed by atoms with van der Waals surface area (Å²) in [5.41, 5.74) is 3.39. The maximum Gasteiger partial charge on any atom is 0.255 e. The minimum atomic E-state index is -3.86. The van der Waals surface area contributed by atoms with Crippen LogP contribution in [-0.4, -0.2) is 20.1 Å². The van der Waals surface area contributed by atoms with Gasteiger partial charge in [0.2, 0.25) is 0 Å².